The molecule has 6 aromatic rings. The number of nitrogen functional groups attached to an aromatic ring is 1. The predicted molar refractivity (Wildman–Crippen MR) is 243 cm³/mol. The van der Waals surface area contributed by atoms with E-state index in [1.54, 1.807) is 0 Å². The van der Waals surface area contributed by atoms with E-state index in [1.807, 2.05) is 35.1 Å². The average Bonchev–Trinajstić information content (AvgIpc) is 3.79. The van der Waals surface area contributed by atoms with E-state index >= 15 is 0 Å². The van der Waals surface area contributed by atoms with E-state index in [9.17, 15) is 5.11 Å². The Morgan fingerprint density at radius 1 is 0.879 bits per heavy atom. The Hall–Kier alpha value is -3.52. The summed E-state index contributed by atoms with van der Waals surface area (Å²) in [4.78, 5) is 14.3. The number of nitrogens with two attached hydrogens (primary N) is 3. The second-order valence-electron chi connectivity index (χ2n) is 14.6. The molecule has 308 valence electrons. The molecule has 0 radical (unpaired) electrons. The van der Waals surface area contributed by atoms with E-state index in [-0.39, 0.29) is 0 Å². The molecule has 14 nitrogen and oxygen atoms in total. The topological polar surface area (TPSA) is 181 Å². The third-order valence-corrected chi connectivity index (χ3v) is 12.4. The number of anilines is 3. The van der Waals surface area contributed by atoms with Gasteiger partial charge in [0.2, 0.25) is 0 Å². The molecule has 18 heteroatoms. The van der Waals surface area contributed by atoms with Gasteiger partial charge in [0.05, 0.1) is 24.9 Å². The predicted octanol–water partition coefficient (Wildman–Crippen LogP) is 6.33. The zero-order valence-corrected chi connectivity index (χ0v) is 37.0. The molecule has 0 spiro atoms. The highest BCUT2D eigenvalue weighted by Gasteiger charge is 2.22. The molecule has 0 aliphatic carbocycles. The van der Waals surface area contributed by atoms with Crippen LogP contribution in [0.2, 0.25) is 5.02 Å². The lowest BCUT2D eigenvalue weighted by atomic mass is 10.2. The van der Waals surface area contributed by atoms with Crippen LogP contribution in [0.3, 0.4) is 0 Å². The molecule has 7 rings (SSSR count). The van der Waals surface area contributed by atoms with Crippen molar-refractivity contribution >= 4 is 94.4 Å². The van der Waals surface area contributed by atoms with Crippen molar-refractivity contribution in [1.29, 1.82) is 0 Å². The molecule has 3 aromatic carbocycles. The Bertz CT molecular complexity index is 2220. The molecular weight excluding hydrogens is 906 g/mol. The summed E-state index contributed by atoms with van der Waals surface area (Å²) in [6.45, 7) is 8.39. The number of aromatic nitrogens is 6. The lowest BCUT2D eigenvalue weighted by molar-refractivity contribution is 0.0650. The number of hydrogen-bond donors (Lipinski definition) is 5. The van der Waals surface area contributed by atoms with E-state index < -0.39 is 6.10 Å². The number of nitrogens with one attached hydrogen (secondary N) is 1. The summed E-state index contributed by atoms with van der Waals surface area (Å²) in [5.41, 5.74) is 16.6. The molecule has 4 heterocycles. The van der Waals surface area contributed by atoms with E-state index in [0.717, 1.165) is 89.8 Å². The van der Waals surface area contributed by atoms with Crippen molar-refractivity contribution in [2.75, 3.05) is 68.4 Å². The minimum atomic E-state index is -0.461. The Morgan fingerprint density at radius 3 is 2.24 bits per heavy atom. The fraction of sp³-hybridized carbons (Fsp3) is 0.400. The molecule has 0 bridgehead atoms. The number of unbranched alkanes of at least 4 members (excludes halogenated alkanes) is 2. The first-order valence-corrected chi connectivity index (χ1v) is 22.5. The highest BCUT2D eigenvalue weighted by Crippen LogP contribution is 2.34. The summed E-state index contributed by atoms with van der Waals surface area (Å²) >= 11 is 14.8. The van der Waals surface area contributed by atoms with Crippen LogP contribution in [-0.4, -0.2) is 103 Å². The molecule has 0 amide bonds. The third kappa shape index (κ3) is 11.0. The number of piperazine rings is 1. The number of fused-ring (bicyclic) bond motifs is 3. The monoisotopic (exact) mass is 953 g/mol. The second-order valence-corrected chi connectivity index (χ2v) is 17.8. The van der Waals surface area contributed by atoms with Crippen LogP contribution in [0.5, 0.6) is 0 Å². The third-order valence-electron chi connectivity index (χ3n) is 10.3. The van der Waals surface area contributed by atoms with Crippen LogP contribution in [0, 0.1) is 0 Å². The summed E-state index contributed by atoms with van der Waals surface area (Å²) in [5, 5.41) is 28.2. The van der Waals surface area contributed by atoms with Gasteiger partial charge in [-0.15, -0.1) is 5.10 Å². The number of aliphatic hydroxyl groups excluding tert-OH is 1. The zero-order valence-electron chi connectivity index (χ0n) is 32.3. The lowest BCUT2D eigenvalue weighted by Gasteiger charge is -2.35. The number of halogens is 3. The fourth-order valence-corrected chi connectivity index (χ4v) is 8.92. The van der Waals surface area contributed by atoms with Gasteiger partial charge in [0.25, 0.3) is 0 Å². The van der Waals surface area contributed by atoms with Gasteiger partial charge in [0, 0.05) is 100 Å². The standard InChI is InChI=1S/C40H50Br2ClN13OS/c41-28-6-10-35-33(20-28)34-21-29(42)7-11-36(34)55(35)25-32(57)24-53-18-16-52(17-19-53)14-2-1-3-15-54-23-31(50-51-54)26-58-40-48-38(47-13-12-44)37(45)39(49-40)56(46)22-27-4-8-30(43)9-5-27/h4-11,20-21,23,32,57H,1-3,12-19,22,24-26,44-46H2,(H,47,48,49). The van der Waals surface area contributed by atoms with Gasteiger partial charge in [-0.05, 0) is 73.5 Å². The first-order valence-electron chi connectivity index (χ1n) is 19.5. The highest BCUT2D eigenvalue weighted by atomic mass is 79.9. The van der Waals surface area contributed by atoms with Crippen molar-refractivity contribution in [3.63, 3.8) is 0 Å². The van der Waals surface area contributed by atoms with E-state index in [2.05, 4.69) is 103 Å². The number of rotatable bonds is 19. The number of aliphatic hydroxyl groups is 1. The molecule has 8 N–H and O–H groups in total. The first-order chi connectivity index (χ1) is 28.1. The van der Waals surface area contributed by atoms with Gasteiger partial charge in [-0.2, -0.15) is 0 Å². The highest BCUT2D eigenvalue weighted by molar-refractivity contribution is 9.10. The van der Waals surface area contributed by atoms with Crippen LogP contribution in [0.1, 0.15) is 30.5 Å². The molecule has 1 aliphatic rings. The molecule has 1 fully saturated rings. The molecule has 0 saturated carbocycles. The fourth-order valence-electron chi connectivity index (χ4n) is 7.35. The molecule has 1 saturated heterocycles. The van der Waals surface area contributed by atoms with Crippen molar-refractivity contribution in [2.24, 2.45) is 11.6 Å². The van der Waals surface area contributed by atoms with Crippen molar-refractivity contribution in [3.05, 3.63) is 92.1 Å². The molecule has 1 unspecified atom stereocenters. The lowest BCUT2D eigenvalue weighted by Crippen LogP contribution is -2.49. The van der Waals surface area contributed by atoms with Gasteiger partial charge < -0.3 is 31.4 Å². The number of hydrazine groups is 1. The van der Waals surface area contributed by atoms with Crippen LogP contribution < -0.4 is 27.6 Å². The number of hydrogen-bond acceptors (Lipinski definition) is 13. The molecule has 1 aliphatic heterocycles. The van der Waals surface area contributed by atoms with Gasteiger partial charge in [-0.1, -0.05) is 79.0 Å². The van der Waals surface area contributed by atoms with Gasteiger partial charge in [-0.25, -0.2) is 15.8 Å². The van der Waals surface area contributed by atoms with Gasteiger partial charge >= 0.3 is 0 Å². The van der Waals surface area contributed by atoms with E-state index in [1.165, 1.54) is 27.5 Å². The normalized spacial score (nSPS) is 14.4. The van der Waals surface area contributed by atoms with Crippen molar-refractivity contribution < 1.29 is 5.11 Å². The number of nitrogens with zero attached hydrogens (tertiary/aromatic N) is 9. The maximum atomic E-state index is 11.2. The number of thioether (sulfide) groups is 1. The van der Waals surface area contributed by atoms with Crippen molar-refractivity contribution in [3.8, 4) is 0 Å². The molecule has 3 aromatic heterocycles. The zero-order chi connectivity index (χ0) is 40.6. The van der Waals surface area contributed by atoms with E-state index in [4.69, 9.17) is 33.9 Å². The van der Waals surface area contributed by atoms with Crippen molar-refractivity contribution in [1.82, 2.24) is 39.3 Å². The summed E-state index contributed by atoms with van der Waals surface area (Å²) in [6, 6.07) is 20.2. The van der Waals surface area contributed by atoms with Crippen LogP contribution in [0.15, 0.2) is 81.0 Å². The quantitative estimate of drug-likeness (QED) is 0.0200. The largest absolute Gasteiger partial charge is 0.393 e. The molecule has 1 atom stereocenters. The maximum Gasteiger partial charge on any atom is 0.192 e. The van der Waals surface area contributed by atoms with Crippen molar-refractivity contribution in [2.45, 2.75) is 55.9 Å². The molecule has 58 heavy (non-hydrogen) atoms. The summed E-state index contributed by atoms with van der Waals surface area (Å²) in [6.07, 6.45) is 4.80. The minimum absolute atomic E-state index is 0.354. The molecular formula is C40H50Br2ClN13OS. The Morgan fingerprint density at radius 2 is 1.55 bits per heavy atom. The van der Waals surface area contributed by atoms with Crippen LogP contribution in [0.25, 0.3) is 21.8 Å². The number of β-amino-alcohol motifs (C(OH)–C–C–N with tert-alkyl or cyclic N) is 1. The van der Waals surface area contributed by atoms with Gasteiger partial charge in [-0.3, -0.25) is 14.6 Å². The minimum Gasteiger partial charge on any atom is -0.393 e. The van der Waals surface area contributed by atoms with Gasteiger partial charge in [0.15, 0.2) is 16.8 Å². The Balaban J connectivity index is 0.823. The Labute approximate surface area is 364 Å². The maximum absolute atomic E-state index is 11.2. The van der Waals surface area contributed by atoms with Crippen LogP contribution >= 0.6 is 55.2 Å². The van der Waals surface area contributed by atoms with E-state index in [0.29, 0.717) is 66.0 Å². The van der Waals surface area contributed by atoms with Crippen LogP contribution in [0.4, 0.5) is 17.3 Å². The smallest absolute Gasteiger partial charge is 0.192 e. The summed E-state index contributed by atoms with van der Waals surface area (Å²) < 4.78 is 6.27. The average molecular weight is 956 g/mol. The first kappa shape index (κ1) is 42.6. The number of aryl methyl sites for hydroxylation is 1. The second kappa shape index (κ2) is 20.2. The Kier molecular flexibility index (Phi) is 14.8. The van der Waals surface area contributed by atoms with Gasteiger partial charge in [0.1, 0.15) is 5.69 Å². The summed E-state index contributed by atoms with van der Waals surface area (Å²) in [5.74, 6) is 7.91. The summed E-state index contributed by atoms with van der Waals surface area (Å²) in [7, 11) is 0. The number of benzene rings is 3. The van der Waals surface area contributed by atoms with Crippen LogP contribution in [-0.2, 0) is 25.4 Å². The SMILES string of the molecule is NCCNc1nc(SCc2cn(CCCCCN3CCN(CC(O)Cn4c5ccc(Br)cc5c5cc(Br)ccc54)CC3)nn2)nc(N(N)Cc2ccc(Cl)cc2)c1N.